The van der Waals surface area contributed by atoms with E-state index < -0.39 is 10.0 Å². The molecular formula is C18H20N4O2S. The molecule has 6 nitrogen and oxygen atoms in total. The lowest BCUT2D eigenvalue weighted by atomic mass is 10.1. The first kappa shape index (κ1) is 17.4. The van der Waals surface area contributed by atoms with Crippen LogP contribution in [0.1, 0.15) is 24.0 Å². The van der Waals surface area contributed by atoms with Gasteiger partial charge in [-0.1, -0.05) is 17.7 Å². The number of rotatable bonds is 4. The van der Waals surface area contributed by atoms with Gasteiger partial charge in [-0.05, 0) is 44.0 Å². The van der Waals surface area contributed by atoms with Gasteiger partial charge in [-0.2, -0.15) is 5.26 Å². The number of nitriles is 1. The Morgan fingerprint density at radius 1 is 1.16 bits per heavy atom. The van der Waals surface area contributed by atoms with E-state index in [9.17, 15) is 8.42 Å². The Morgan fingerprint density at radius 2 is 1.84 bits per heavy atom. The van der Waals surface area contributed by atoms with Gasteiger partial charge in [0.25, 0.3) is 0 Å². The normalized spacial score (nSPS) is 15.8. The molecule has 2 aromatic rings. The molecule has 1 fully saturated rings. The lowest BCUT2D eigenvalue weighted by Gasteiger charge is -2.33. The zero-order valence-corrected chi connectivity index (χ0v) is 14.8. The fraction of sp³-hybridized carbons (Fsp3) is 0.333. The van der Waals surface area contributed by atoms with Crippen molar-refractivity contribution in [2.45, 2.75) is 30.7 Å². The molecule has 0 atom stereocenters. The van der Waals surface area contributed by atoms with Crippen molar-refractivity contribution in [2.75, 3.05) is 18.0 Å². The van der Waals surface area contributed by atoms with E-state index in [0.717, 1.165) is 24.5 Å². The van der Waals surface area contributed by atoms with Crippen LogP contribution in [0, 0.1) is 18.3 Å². The summed E-state index contributed by atoms with van der Waals surface area (Å²) in [5, 5.41) is 8.82. The number of anilines is 1. The van der Waals surface area contributed by atoms with Gasteiger partial charge in [-0.15, -0.1) is 0 Å². The van der Waals surface area contributed by atoms with Gasteiger partial charge in [0.15, 0.2) is 0 Å². The van der Waals surface area contributed by atoms with E-state index in [1.54, 1.807) is 36.5 Å². The third-order valence-electron chi connectivity index (χ3n) is 4.35. The molecule has 0 aliphatic carbocycles. The molecule has 1 N–H and O–H groups in total. The van der Waals surface area contributed by atoms with Gasteiger partial charge in [0, 0.05) is 25.3 Å². The number of benzene rings is 1. The van der Waals surface area contributed by atoms with Crippen LogP contribution in [-0.4, -0.2) is 32.5 Å². The third-order valence-corrected chi connectivity index (χ3v) is 5.89. The molecule has 0 unspecified atom stereocenters. The summed E-state index contributed by atoms with van der Waals surface area (Å²) in [6.45, 7) is 3.37. The Balaban J connectivity index is 1.60. The highest BCUT2D eigenvalue weighted by molar-refractivity contribution is 7.89. The van der Waals surface area contributed by atoms with Crippen LogP contribution in [0.3, 0.4) is 0 Å². The van der Waals surface area contributed by atoms with E-state index >= 15 is 0 Å². The van der Waals surface area contributed by atoms with Gasteiger partial charge < -0.3 is 4.90 Å². The average molecular weight is 356 g/mol. The fourth-order valence-electron chi connectivity index (χ4n) is 2.87. The molecule has 1 aromatic heterocycles. The molecular weight excluding hydrogens is 336 g/mol. The standard InChI is InChI=1S/C18H20N4O2S/c1-14-2-5-17(6-3-14)25(23,24)21-16-8-10-22(11-9-16)18-7-4-15(12-19)13-20-18/h2-7,13,16,21H,8-11H2,1H3. The number of aryl methyl sites for hydroxylation is 1. The van der Waals surface area contributed by atoms with E-state index in [1.165, 1.54) is 0 Å². The molecule has 3 rings (SSSR count). The van der Waals surface area contributed by atoms with Crippen molar-refractivity contribution < 1.29 is 8.42 Å². The van der Waals surface area contributed by atoms with E-state index in [4.69, 9.17) is 5.26 Å². The van der Waals surface area contributed by atoms with Crippen molar-refractivity contribution in [2.24, 2.45) is 0 Å². The van der Waals surface area contributed by atoms with Crippen molar-refractivity contribution in [1.29, 1.82) is 5.26 Å². The molecule has 0 bridgehead atoms. The Bertz CT molecular complexity index is 863. The van der Waals surface area contributed by atoms with Gasteiger partial charge in [-0.3, -0.25) is 0 Å². The minimum atomic E-state index is -3.49. The number of aromatic nitrogens is 1. The summed E-state index contributed by atoms with van der Waals surface area (Å²) in [6, 6.07) is 12.4. The molecule has 0 radical (unpaired) electrons. The highest BCUT2D eigenvalue weighted by atomic mass is 32.2. The highest BCUT2D eigenvalue weighted by Crippen LogP contribution is 2.20. The molecule has 7 heteroatoms. The average Bonchev–Trinajstić information content (AvgIpc) is 2.62. The number of hydrogen-bond acceptors (Lipinski definition) is 5. The maximum Gasteiger partial charge on any atom is 0.240 e. The largest absolute Gasteiger partial charge is 0.357 e. The molecule has 1 aliphatic rings. The molecule has 0 amide bonds. The molecule has 0 spiro atoms. The van der Waals surface area contributed by atoms with Crippen LogP contribution in [0.25, 0.3) is 0 Å². The SMILES string of the molecule is Cc1ccc(S(=O)(=O)NC2CCN(c3ccc(C#N)cn3)CC2)cc1. The second-order valence-corrected chi connectivity index (χ2v) is 7.93. The van der Waals surface area contributed by atoms with Crippen molar-refractivity contribution in [3.05, 3.63) is 53.7 Å². The van der Waals surface area contributed by atoms with Gasteiger partial charge in [0.05, 0.1) is 10.5 Å². The number of nitrogens with one attached hydrogen (secondary N) is 1. The molecule has 1 aliphatic heterocycles. The minimum absolute atomic E-state index is 0.0825. The summed E-state index contributed by atoms with van der Waals surface area (Å²) >= 11 is 0. The number of pyridine rings is 1. The molecule has 25 heavy (non-hydrogen) atoms. The zero-order chi connectivity index (χ0) is 17.9. The van der Waals surface area contributed by atoms with Crippen molar-refractivity contribution in [1.82, 2.24) is 9.71 Å². The second kappa shape index (κ2) is 7.21. The summed E-state index contributed by atoms with van der Waals surface area (Å²) in [5.41, 5.74) is 1.56. The molecule has 0 saturated carbocycles. The summed E-state index contributed by atoms with van der Waals surface area (Å²) in [6.07, 6.45) is 2.99. The van der Waals surface area contributed by atoms with E-state index in [2.05, 4.69) is 20.7 Å². The number of hydrogen-bond donors (Lipinski definition) is 1. The highest BCUT2D eigenvalue weighted by Gasteiger charge is 2.25. The lowest BCUT2D eigenvalue weighted by molar-refractivity contribution is 0.458. The number of nitrogens with zero attached hydrogens (tertiary/aromatic N) is 3. The Hall–Kier alpha value is -2.43. The molecule has 1 saturated heterocycles. The zero-order valence-electron chi connectivity index (χ0n) is 14.0. The van der Waals surface area contributed by atoms with Crippen LogP contribution in [0.4, 0.5) is 5.82 Å². The maximum atomic E-state index is 12.5. The predicted octanol–water partition coefficient (Wildman–Crippen LogP) is 2.21. The van der Waals surface area contributed by atoms with Crippen LogP contribution in [-0.2, 0) is 10.0 Å². The minimum Gasteiger partial charge on any atom is -0.357 e. The predicted molar refractivity (Wildman–Crippen MR) is 95.7 cm³/mol. The topological polar surface area (TPSA) is 86.1 Å². The van der Waals surface area contributed by atoms with Crippen molar-refractivity contribution in [3.8, 4) is 6.07 Å². The smallest absolute Gasteiger partial charge is 0.240 e. The fourth-order valence-corrected chi connectivity index (χ4v) is 4.18. The maximum absolute atomic E-state index is 12.5. The van der Waals surface area contributed by atoms with Crippen LogP contribution in [0.15, 0.2) is 47.5 Å². The molecule has 2 heterocycles. The number of piperidine rings is 1. The summed E-state index contributed by atoms with van der Waals surface area (Å²) in [4.78, 5) is 6.70. The van der Waals surface area contributed by atoms with Gasteiger partial charge >= 0.3 is 0 Å². The van der Waals surface area contributed by atoms with Crippen molar-refractivity contribution >= 4 is 15.8 Å². The Kier molecular flexibility index (Phi) is 5.02. The van der Waals surface area contributed by atoms with Gasteiger partial charge in [0.2, 0.25) is 10.0 Å². The first-order valence-corrected chi connectivity index (χ1v) is 9.66. The summed E-state index contributed by atoms with van der Waals surface area (Å²) in [5.74, 6) is 0.818. The lowest BCUT2D eigenvalue weighted by Crippen LogP contribution is -2.44. The first-order valence-electron chi connectivity index (χ1n) is 8.18. The number of sulfonamides is 1. The van der Waals surface area contributed by atoms with Gasteiger partial charge in [-0.25, -0.2) is 18.1 Å². The summed E-state index contributed by atoms with van der Waals surface area (Å²) in [7, 11) is -3.49. The van der Waals surface area contributed by atoms with Crippen LogP contribution >= 0.6 is 0 Å². The van der Waals surface area contributed by atoms with E-state index in [0.29, 0.717) is 23.3 Å². The monoisotopic (exact) mass is 356 g/mol. The quantitative estimate of drug-likeness (QED) is 0.908. The summed E-state index contributed by atoms with van der Waals surface area (Å²) < 4.78 is 27.7. The molecule has 1 aromatic carbocycles. The first-order chi connectivity index (χ1) is 12.0. The van der Waals surface area contributed by atoms with Crippen molar-refractivity contribution in [3.63, 3.8) is 0 Å². The second-order valence-electron chi connectivity index (χ2n) is 6.21. The Morgan fingerprint density at radius 3 is 2.40 bits per heavy atom. The van der Waals surface area contributed by atoms with Crippen LogP contribution < -0.4 is 9.62 Å². The molecule has 130 valence electrons. The van der Waals surface area contributed by atoms with E-state index in [-0.39, 0.29) is 6.04 Å². The van der Waals surface area contributed by atoms with Crippen LogP contribution in [0.5, 0.6) is 0 Å². The van der Waals surface area contributed by atoms with E-state index in [1.807, 2.05) is 13.0 Å². The van der Waals surface area contributed by atoms with Crippen LogP contribution in [0.2, 0.25) is 0 Å². The third kappa shape index (κ3) is 4.16. The van der Waals surface area contributed by atoms with Gasteiger partial charge in [0.1, 0.15) is 11.9 Å². The Labute approximate surface area is 148 Å².